The Morgan fingerprint density at radius 3 is 1.89 bits per heavy atom. The van der Waals surface area contributed by atoms with Crippen LogP contribution in [0.15, 0.2) is 29.2 Å². The molecule has 1 rings (SSSR count). The number of halogens is 3. The molecule has 0 fully saturated rings. The van der Waals surface area contributed by atoms with Crippen molar-refractivity contribution in [2.45, 2.75) is 17.3 Å². The van der Waals surface area contributed by atoms with Crippen LogP contribution in [0.2, 0.25) is 0 Å². The summed E-state index contributed by atoms with van der Waals surface area (Å²) in [5.41, 5.74) is -4.48. The largest absolute Gasteiger partial charge is 0.523 e. The minimum Gasteiger partial charge on any atom is -0.209 e. The number of hydrogen-bond donors (Lipinski definition) is 0. The first kappa shape index (κ1) is 15.3. The predicted molar refractivity (Wildman–Crippen MR) is 64.9 cm³/mol. The summed E-state index contributed by atoms with van der Waals surface area (Å²) >= 11 is 0. The third-order valence-corrected chi connectivity index (χ3v) is 6.18. The summed E-state index contributed by atoms with van der Waals surface area (Å²) in [5, 5.41) is 0. The SMILES string of the molecule is Cc1ccc(S(C)(C)OS(=O)(=O)C(F)(F)F)cc1. The molecule has 0 aliphatic carbocycles. The molecule has 104 valence electrons. The average Bonchev–Trinajstić information content (AvgIpc) is 2.14. The Kier molecular flexibility index (Phi) is 4.04. The molecule has 3 nitrogen and oxygen atoms in total. The maximum absolute atomic E-state index is 12.2. The lowest BCUT2D eigenvalue weighted by Crippen LogP contribution is -2.26. The van der Waals surface area contributed by atoms with Gasteiger partial charge in [-0.15, -0.1) is 0 Å². The van der Waals surface area contributed by atoms with Crippen LogP contribution < -0.4 is 0 Å². The second-order valence-electron chi connectivity index (χ2n) is 4.01. The topological polar surface area (TPSA) is 43.4 Å². The van der Waals surface area contributed by atoms with Gasteiger partial charge in [-0.2, -0.15) is 21.6 Å². The van der Waals surface area contributed by atoms with Gasteiger partial charge in [-0.25, -0.2) is 3.63 Å². The number of aryl methyl sites for hydroxylation is 1. The van der Waals surface area contributed by atoms with Crippen molar-refractivity contribution >= 4 is 20.4 Å². The molecule has 18 heavy (non-hydrogen) atoms. The van der Waals surface area contributed by atoms with Gasteiger partial charge < -0.3 is 0 Å². The van der Waals surface area contributed by atoms with Gasteiger partial charge in [0.2, 0.25) is 0 Å². The number of rotatable bonds is 3. The molecule has 0 saturated heterocycles. The van der Waals surface area contributed by atoms with Gasteiger partial charge >= 0.3 is 15.6 Å². The first-order chi connectivity index (χ1) is 7.96. The fraction of sp³-hybridized carbons (Fsp3) is 0.400. The van der Waals surface area contributed by atoms with Crippen molar-refractivity contribution in [3.05, 3.63) is 29.8 Å². The van der Waals surface area contributed by atoms with Crippen LogP contribution in [0.1, 0.15) is 5.56 Å². The number of benzene rings is 1. The van der Waals surface area contributed by atoms with Gasteiger partial charge in [0, 0.05) is 4.90 Å². The summed E-state index contributed by atoms with van der Waals surface area (Å²) in [6.07, 6.45) is 2.70. The van der Waals surface area contributed by atoms with Crippen LogP contribution in [0.25, 0.3) is 0 Å². The van der Waals surface area contributed by atoms with E-state index >= 15 is 0 Å². The lowest BCUT2D eigenvalue weighted by atomic mass is 10.2. The Morgan fingerprint density at radius 2 is 1.50 bits per heavy atom. The summed E-state index contributed by atoms with van der Waals surface area (Å²) in [7, 11) is -8.10. The van der Waals surface area contributed by atoms with Crippen LogP contribution in [-0.4, -0.2) is 26.4 Å². The molecule has 8 heteroatoms. The van der Waals surface area contributed by atoms with E-state index in [2.05, 4.69) is 3.63 Å². The molecule has 1 aromatic rings. The summed E-state index contributed by atoms with van der Waals surface area (Å²) in [6, 6.07) is 6.51. The monoisotopic (exact) mass is 302 g/mol. The predicted octanol–water partition coefficient (Wildman–Crippen LogP) is 3.20. The minimum atomic E-state index is -5.58. The maximum Gasteiger partial charge on any atom is 0.523 e. The lowest BCUT2D eigenvalue weighted by molar-refractivity contribution is -0.0495. The zero-order valence-electron chi connectivity index (χ0n) is 9.98. The van der Waals surface area contributed by atoms with Crippen LogP contribution in [0.5, 0.6) is 0 Å². The van der Waals surface area contributed by atoms with Crippen molar-refractivity contribution in [3.63, 3.8) is 0 Å². The smallest absolute Gasteiger partial charge is 0.209 e. The van der Waals surface area contributed by atoms with Gasteiger partial charge in [-0.1, -0.05) is 28.0 Å². The molecular formula is C10H13F3O3S2. The summed E-state index contributed by atoms with van der Waals surface area (Å²) in [5.74, 6) is 0. The molecule has 0 aromatic heterocycles. The molecule has 0 heterocycles. The first-order valence-electron chi connectivity index (χ1n) is 4.78. The summed E-state index contributed by atoms with van der Waals surface area (Å²) in [4.78, 5) is 0.431. The highest BCUT2D eigenvalue weighted by Crippen LogP contribution is 2.53. The van der Waals surface area contributed by atoms with Crippen molar-refractivity contribution in [3.8, 4) is 0 Å². The van der Waals surface area contributed by atoms with Crippen molar-refractivity contribution < 1.29 is 25.2 Å². The van der Waals surface area contributed by atoms with Gasteiger partial charge in [0.05, 0.1) is 0 Å². The Labute approximate surface area is 106 Å². The zero-order valence-corrected chi connectivity index (χ0v) is 11.6. The third-order valence-electron chi connectivity index (χ3n) is 2.13. The Bertz CT molecular complexity index is 518. The van der Waals surface area contributed by atoms with E-state index in [9.17, 15) is 21.6 Å². The maximum atomic E-state index is 12.2. The van der Waals surface area contributed by atoms with E-state index in [1.807, 2.05) is 6.92 Å². The van der Waals surface area contributed by atoms with Gasteiger partial charge in [0.15, 0.2) is 0 Å². The summed E-state index contributed by atoms with van der Waals surface area (Å²) in [6.45, 7) is 1.82. The zero-order chi connectivity index (χ0) is 14.2. The normalized spacial score (nSPS) is 14.6. The van der Waals surface area contributed by atoms with Crippen LogP contribution in [0, 0.1) is 6.92 Å². The van der Waals surface area contributed by atoms with Crippen molar-refractivity contribution in [2.24, 2.45) is 0 Å². The number of hydrogen-bond acceptors (Lipinski definition) is 3. The molecule has 0 saturated carbocycles. The van der Waals surface area contributed by atoms with E-state index in [0.717, 1.165) is 5.56 Å². The van der Waals surface area contributed by atoms with Crippen LogP contribution in [-0.2, 0) is 13.7 Å². The fourth-order valence-electron chi connectivity index (χ4n) is 1.17. The Hall–Kier alpha value is -0.730. The minimum absolute atomic E-state index is 0.431. The first-order valence-corrected chi connectivity index (χ1v) is 8.56. The molecule has 1 aromatic carbocycles. The highest BCUT2D eigenvalue weighted by atomic mass is 32.3. The highest BCUT2D eigenvalue weighted by Gasteiger charge is 2.49. The van der Waals surface area contributed by atoms with Crippen molar-refractivity contribution in [1.82, 2.24) is 0 Å². The average molecular weight is 302 g/mol. The van der Waals surface area contributed by atoms with Gasteiger partial charge in [-0.3, -0.25) is 0 Å². The van der Waals surface area contributed by atoms with Crippen LogP contribution >= 0.6 is 10.3 Å². The fourth-order valence-corrected chi connectivity index (χ4v) is 4.37. The second kappa shape index (κ2) is 4.75. The molecule has 0 spiro atoms. The molecule has 0 aliphatic rings. The van der Waals surface area contributed by atoms with Crippen LogP contribution in [0.3, 0.4) is 0 Å². The second-order valence-corrected chi connectivity index (χ2v) is 8.87. The van der Waals surface area contributed by atoms with E-state index in [-0.39, 0.29) is 0 Å². The molecular weight excluding hydrogens is 289 g/mol. The van der Waals surface area contributed by atoms with Gasteiger partial charge in [0.1, 0.15) is 0 Å². The summed E-state index contributed by atoms with van der Waals surface area (Å²) < 4.78 is 63.0. The third kappa shape index (κ3) is 3.39. The quantitative estimate of drug-likeness (QED) is 0.805. The Morgan fingerprint density at radius 1 is 1.06 bits per heavy atom. The van der Waals surface area contributed by atoms with Gasteiger partial charge in [0.25, 0.3) is 0 Å². The van der Waals surface area contributed by atoms with E-state index in [0.29, 0.717) is 4.90 Å². The highest BCUT2D eigenvalue weighted by molar-refractivity contribution is 8.32. The molecule has 0 amide bonds. The molecule has 0 atom stereocenters. The molecule has 0 aliphatic heterocycles. The van der Waals surface area contributed by atoms with Crippen molar-refractivity contribution in [2.75, 3.05) is 12.5 Å². The lowest BCUT2D eigenvalue weighted by Gasteiger charge is -2.30. The molecule has 0 unspecified atom stereocenters. The van der Waals surface area contributed by atoms with E-state index in [4.69, 9.17) is 0 Å². The number of alkyl halides is 3. The molecule has 0 bridgehead atoms. The molecule has 0 radical (unpaired) electrons. The van der Waals surface area contributed by atoms with Gasteiger partial charge in [-0.05, 0) is 31.6 Å². The van der Waals surface area contributed by atoms with E-state index in [1.165, 1.54) is 12.5 Å². The van der Waals surface area contributed by atoms with E-state index < -0.39 is 25.9 Å². The van der Waals surface area contributed by atoms with Crippen molar-refractivity contribution in [1.29, 1.82) is 0 Å². The standard InChI is InChI=1S/C10H13F3O3S2/c1-8-4-6-9(7-5-8)17(2,3)16-18(14,15)10(11,12)13/h4-7H,1-3H3. The van der Waals surface area contributed by atoms with Crippen LogP contribution in [0.4, 0.5) is 13.2 Å². The van der Waals surface area contributed by atoms with E-state index in [1.54, 1.807) is 24.3 Å². The molecule has 0 N–H and O–H groups in total. The Balaban J connectivity index is 3.06.